The number of aliphatic hydroxyl groups excluding tert-OH is 1. The quantitative estimate of drug-likeness (QED) is 0.520. The lowest BCUT2D eigenvalue weighted by molar-refractivity contribution is -0.406. The number of hydrogen-bond donors (Lipinski definition) is 3. The molecule has 2 atom stereocenters. The molecule has 0 spiro atoms. The number of carboxylic acid groups (broad SMARTS) is 1. The van der Waals surface area contributed by atoms with Crippen LogP contribution >= 0.6 is 0 Å². The maximum atomic E-state index is 11.6. The lowest BCUT2D eigenvalue weighted by Gasteiger charge is -2.24. The van der Waals surface area contributed by atoms with Gasteiger partial charge in [-0.15, -0.1) is 0 Å². The molecule has 0 saturated carbocycles. The first-order chi connectivity index (χ1) is 8.25. The van der Waals surface area contributed by atoms with Gasteiger partial charge in [0.2, 0.25) is 0 Å². The normalized spacial score (nSPS) is 13.6. The zero-order valence-electron chi connectivity index (χ0n) is 11.9. The highest BCUT2D eigenvalue weighted by Gasteiger charge is 2.23. The van der Waals surface area contributed by atoms with Crippen LogP contribution in [0.2, 0.25) is 0 Å². The van der Waals surface area contributed by atoms with E-state index in [1.807, 2.05) is 13.8 Å². The van der Waals surface area contributed by atoms with Gasteiger partial charge in [0.15, 0.2) is 6.04 Å². The minimum absolute atomic E-state index is 0.194. The molecule has 0 radical (unpaired) electrons. The van der Waals surface area contributed by atoms with E-state index in [1.54, 1.807) is 13.8 Å². The first kappa shape index (κ1) is 19.2. The number of amides is 1. The third kappa shape index (κ3) is 8.03. The Bertz CT molecular complexity index is 254. The average molecular weight is 262 g/mol. The van der Waals surface area contributed by atoms with Crippen LogP contribution in [0.3, 0.4) is 0 Å². The van der Waals surface area contributed by atoms with Gasteiger partial charge >= 0.3 is 0 Å². The molecule has 0 saturated heterocycles. The monoisotopic (exact) mass is 262 g/mol. The summed E-state index contributed by atoms with van der Waals surface area (Å²) in [6, 6.07) is -1.36. The maximum Gasteiger partial charge on any atom is 0.278 e. The molecule has 0 rings (SSSR count). The van der Waals surface area contributed by atoms with Gasteiger partial charge in [-0.3, -0.25) is 4.79 Å². The van der Waals surface area contributed by atoms with E-state index in [0.29, 0.717) is 12.3 Å². The molecular weight excluding hydrogens is 236 g/mol. The van der Waals surface area contributed by atoms with Crippen molar-refractivity contribution in [2.75, 3.05) is 7.11 Å². The van der Waals surface area contributed by atoms with Crippen LogP contribution in [0.1, 0.15) is 34.1 Å². The molecule has 0 bridgehead atoms. The molecule has 0 aliphatic carbocycles. The van der Waals surface area contributed by atoms with E-state index in [4.69, 9.17) is 5.11 Å². The number of carboxylic acids is 1. The van der Waals surface area contributed by atoms with Crippen LogP contribution in [0.15, 0.2) is 0 Å². The largest absolute Gasteiger partial charge is 0.548 e. The number of quaternary nitrogens is 1. The van der Waals surface area contributed by atoms with Gasteiger partial charge in [-0.1, -0.05) is 27.7 Å². The zero-order valence-corrected chi connectivity index (χ0v) is 11.9. The number of rotatable bonds is 6. The summed E-state index contributed by atoms with van der Waals surface area (Å²) < 4.78 is 0. The van der Waals surface area contributed by atoms with E-state index >= 15 is 0 Å². The van der Waals surface area contributed by atoms with Crippen molar-refractivity contribution in [2.24, 2.45) is 11.8 Å². The zero-order chi connectivity index (χ0) is 14.9. The fraction of sp³-hybridized carbons (Fsp3) is 0.833. The van der Waals surface area contributed by atoms with Gasteiger partial charge in [-0.05, 0) is 11.8 Å². The topological polar surface area (TPSA) is 117 Å². The molecule has 108 valence electrons. The molecule has 0 aliphatic heterocycles. The number of carbonyl (C=O) groups is 2. The van der Waals surface area contributed by atoms with E-state index in [0.717, 1.165) is 7.11 Å². The molecule has 0 heterocycles. The van der Waals surface area contributed by atoms with Gasteiger partial charge in [0.05, 0.1) is 12.0 Å². The first-order valence-corrected chi connectivity index (χ1v) is 6.04. The first-order valence-electron chi connectivity index (χ1n) is 6.04. The maximum absolute atomic E-state index is 11.6. The molecule has 0 fully saturated rings. The molecule has 1 amide bonds. The molecule has 0 aromatic heterocycles. The second-order valence-electron chi connectivity index (χ2n) is 4.88. The molecule has 6 nitrogen and oxygen atoms in total. The Hall–Kier alpha value is -1.14. The van der Waals surface area contributed by atoms with Crippen LogP contribution in [0.4, 0.5) is 0 Å². The minimum Gasteiger partial charge on any atom is -0.548 e. The third-order valence-corrected chi connectivity index (χ3v) is 2.35. The third-order valence-electron chi connectivity index (χ3n) is 2.35. The molecule has 6 heteroatoms. The van der Waals surface area contributed by atoms with Crippen molar-refractivity contribution >= 4 is 11.9 Å². The van der Waals surface area contributed by atoms with Crippen molar-refractivity contribution in [1.29, 1.82) is 0 Å². The molecule has 0 unspecified atom stereocenters. The van der Waals surface area contributed by atoms with Crippen molar-refractivity contribution in [1.82, 2.24) is 5.32 Å². The highest BCUT2D eigenvalue weighted by Crippen LogP contribution is 2.04. The Balaban J connectivity index is 0. The minimum atomic E-state index is -1.25. The molecular formula is C12H26N2O4. The van der Waals surface area contributed by atoms with Crippen molar-refractivity contribution < 1.29 is 25.5 Å². The Morgan fingerprint density at radius 1 is 1.22 bits per heavy atom. The van der Waals surface area contributed by atoms with Crippen LogP contribution < -0.4 is 16.2 Å². The SMILES string of the molecule is CC(C)C[C@H]([NH3+])C(=O)N[C@H](C(=O)[O-])C(C)C.CO. The summed E-state index contributed by atoms with van der Waals surface area (Å²) in [5, 5.41) is 20.2. The van der Waals surface area contributed by atoms with Crippen LogP contribution in [-0.2, 0) is 9.59 Å². The summed E-state index contributed by atoms with van der Waals surface area (Å²) in [5.74, 6) is -1.41. The highest BCUT2D eigenvalue weighted by molar-refractivity contribution is 5.85. The van der Waals surface area contributed by atoms with Crippen molar-refractivity contribution in [3.05, 3.63) is 0 Å². The van der Waals surface area contributed by atoms with E-state index in [9.17, 15) is 14.7 Å². The van der Waals surface area contributed by atoms with Gasteiger partial charge in [0.25, 0.3) is 5.91 Å². The predicted molar refractivity (Wildman–Crippen MR) is 66.0 cm³/mol. The van der Waals surface area contributed by atoms with E-state index in [-0.39, 0.29) is 11.8 Å². The lowest BCUT2D eigenvalue weighted by Crippen LogP contribution is -2.69. The van der Waals surface area contributed by atoms with Gasteiger partial charge in [-0.2, -0.15) is 0 Å². The Morgan fingerprint density at radius 2 is 1.67 bits per heavy atom. The highest BCUT2D eigenvalue weighted by atomic mass is 16.4. The van der Waals surface area contributed by atoms with Crippen LogP contribution in [-0.4, -0.2) is 36.2 Å². The standard InChI is InChI=1S/C11H22N2O3.CH4O/c1-6(2)5-8(12)10(14)13-9(7(3)4)11(15)16;1-2/h6-9H,5,12H2,1-4H3,(H,13,14)(H,15,16);2H,1H3/t8-,9-;/m0./s1. The number of nitrogens with one attached hydrogen (secondary N) is 1. The summed E-state index contributed by atoms with van der Waals surface area (Å²) in [6.07, 6.45) is 0.643. The second kappa shape index (κ2) is 9.85. The van der Waals surface area contributed by atoms with Crippen LogP contribution in [0, 0.1) is 11.8 Å². The fourth-order valence-electron chi connectivity index (χ4n) is 1.44. The Labute approximate surface area is 109 Å². The molecule has 0 aromatic rings. The van der Waals surface area contributed by atoms with Crippen molar-refractivity contribution in [3.63, 3.8) is 0 Å². The molecule has 18 heavy (non-hydrogen) atoms. The number of hydrogen-bond acceptors (Lipinski definition) is 4. The lowest BCUT2D eigenvalue weighted by atomic mass is 10.0. The van der Waals surface area contributed by atoms with E-state index in [2.05, 4.69) is 11.1 Å². The molecule has 0 aromatic carbocycles. The smallest absolute Gasteiger partial charge is 0.278 e. The van der Waals surface area contributed by atoms with Crippen molar-refractivity contribution in [2.45, 2.75) is 46.2 Å². The van der Waals surface area contributed by atoms with E-state index < -0.39 is 18.1 Å². The second-order valence-corrected chi connectivity index (χ2v) is 4.88. The summed E-state index contributed by atoms with van der Waals surface area (Å²) in [7, 11) is 1.00. The summed E-state index contributed by atoms with van der Waals surface area (Å²) >= 11 is 0. The average Bonchev–Trinajstić information content (AvgIpc) is 2.26. The molecule has 5 N–H and O–H groups in total. The Kier molecular flexibility index (Phi) is 10.5. The van der Waals surface area contributed by atoms with E-state index in [1.165, 1.54) is 0 Å². The van der Waals surface area contributed by atoms with Crippen molar-refractivity contribution in [3.8, 4) is 0 Å². The summed E-state index contributed by atoms with van der Waals surface area (Å²) in [6.45, 7) is 7.43. The Morgan fingerprint density at radius 3 is 1.94 bits per heavy atom. The molecule has 0 aliphatic rings. The van der Waals surface area contributed by atoms with Crippen LogP contribution in [0.5, 0.6) is 0 Å². The van der Waals surface area contributed by atoms with Crippen LogP contribution in [0.25, 0.3) is 0 Å². The van der Waals surface area contributed by atoms with Gasteiger partial charge < -0.3 is 26.1 Å². The van der Waals surface area contributed by atoms with Gasteiger partial charge in [0, 0.05) is 13.5 Å². The number of aliphatic carboxylic acids is 1. The van der Waals surface area contributed by atoms with Gasteiger partial charge in [-0.25, -0.2) is 0 Å². The summed E-state index contributed by atoms with van der Waals surface area (Å²) in [5.41, 5.74) is 3.72. The van der Waals surface area contributed by atoms with Gasteiger partial charge in [0.1, 0.15) is 0 Å². The predicted octanol–water partition coefficient (Wildman–Crippen LogP) is -1.86. The fourth-order valence-corrected chi connectivity index (χ4v) is 1.44. The number of carbonyl (C=O) groups excluding carboxylic acids is 2. The number of aliphatic hydroxyl groups is 1. The summed E-state index contributed by atoms with van der Waals surface area (Å²) in [4.78, 5) is 22.4.